The summed E-state index contributed by atoms with van der Waals surface area (Å²) in [6.07, 6.45) is 0. The third-order valence-corrected chi connectivity index (χ3v) is 2.60. The number of nitrogens with one attached hydrogen (secondary N) is 1. The van der Waals surface area contributed by atoms with Crippen molar-refractivity contribution in [2.75, 3.05) is 5.32 Å². The number of carbonyl (C=O) groups excluding carboxylic acids is 1. The Morgan fingerprint density at radius 1 is 0.947 bits per heavy atom. The predicted octanol–water partition coefficient (Wildman–Crippen LogP) is 3.66. The first-order chi connectivity index (χ1) is 8.97. The molecule has 0 saturated carbocycles. The van der Waals surface area contributed by atoms with E-state index in [0.717, 1.165) is 12.1 Å². The Morgan fingerprint density at radius 2 is 1.63 bits per heavy atom. The van der Waals surface area contributed by atoms with E-state index in [2.05, 4.69) is 5.32 Å². The lowest BCUT2D eigenvalue weighted by Gasteiger charge is -2.07. The van der Waals surface area contributed by atoms with Crippen LogP contribution < -0.4 is 5.32 Å². The van der Waals surface area contributed by atoms with Gasteiger partial charge in [-0.05, 0) is 48.9 Å². The van der Waals surface area contributed by atoms with Crippen molar-refractivity contribution in [1.29, 1.82) is 0 Å². The number of anilines is 1. The van der Waals surface area contributed by atoms with Gasteiger partial charge in [-0.2, -0.15) is 0 Å². The smallest absolute Gasteiger partial charge is 0.255 e. The second-order valence-corrected chi connectivity index (χ2v) is 4.05. The molecule has 0 unspecified atom stereocenters. The number of halogens is 3. The quantitative estimate of drug-likeness (QED) is 0.882. The van der Waals surface area contributed by atoms with E-state index in [-0.39, 0.29) is 11.4 Å². The number of hydrogen-bond donors (Lipinski definition) is 1. The van der Waals surface area contributed by atoms with Gasteiger partial charge in [0.05, 0.1) is 0 Å². The molecule has 0 aliphatic heterocycles. The average molecular weight is 265 g/mol. The molecular weight excluding hydrogens is 255 g/mol. The van der Waals surface area contributed by atoms with E-state index < -0.39 is 17.5 Å². The summed E-state index contributed by atoms with van der Waals surface area (Å²) in [6, 6.07) is 6.91. The van der Waals surface area contributed by atoms with E-state index in [1.165, 1.54) is 24.3 Å². The summed E-state index contributed by atoms with van der Waals surface area (Å²) in [5.74, 6) is -3.09. The van der Waals surface area contributed by atoms with Gasteiger partial charge in [0.1, 0.15) is 5.82 Å². The van der Waals surface area contributed by atoms with Crippen LogP contribution in [0.3, 0.4) is 0 Å². The Bertz CT molecular complexity index is 641. The van der Waals surface area contributed by atoms with E-state index in [1.807, 2.05) is 0 Å². The van der Waals surface area contributed by atoms with E-state index in [1.54, 1.807) is 6.92 Å². The average Bonchev–Trinajstić information content (AvgIpc) is 2.37. The number of amides is 1. The fraction of sp³-hybridized carbons (Fsp3) is 0.0714. The van der Waals surface area contributed by atoms with Gasteiger partial charge in [-0.1, -0.05) is 0 Å². The second kappa shape index (κ2) is 5.14. The molecule has 0 fully saturated rings. The number of aryl methyl sites for hydroxylation is 1. The monoisotopic (exact) mass is 265 g/mol. The van der Waals surface area contributed by atoms with Crippen LogP contribution in [-0.2, 0) is 0 Å². The van der Waals surface area contributed by atoms with Crippen LogP contribution in [0, 0.1) is 24.4 Å². The van der Waals surface area contributed by atoms with Crippen molar-refractivity contribution >= 4 is 11.6 Å². The molecule has 0 bridgehead atoms. The fourth-order valence-electron chi connectivity index (χ4n) is 1.56. The van der Waals surface area contributed by atoms with E-state index in [9.17, 15) is 18.0 Å². The minimum atomic E-state index is -1.09. The van der Waals surface area contributed by atoms with E-state index in [4.69, 9.17) is 0 Å². The van der Waals surface area contributed by atoms with Gasteiger partial charge in [0.15, 0.2) is 11.6 Å². The summed E-state index contributed by atoms with van der Waals surface area (Å²) in [7, 11) is 0. The molecule has 0 aliphatic rings. The second-order valence-electron chi connectivity index (χ2n) is 4.05. The van der Waals surface area contributed by atoms with Gasteiger partial charge in [-0.25, -0.2) is 13.2 Å². The molecule has 0 aliphatic carbocycles. The highest BCUT2D eigenvalue weighted by atomic mass is 19.2. The van der Waals surface area contributed by atoms with Crippen LogP contribution in [0.2, 0.25) is 0 Å². The largest absolute Gasteiger partial charge is 0.322 e. The molecule has 0 spiro atoms. The Hall–Kier alpha value is -2.30. The first-order valence-electron chi connectivity index (χ1n) is 5.50. The molecule has 2 aromatic rings. The molecule has 2 nitrogen and oxygen atoms in total. The Labute approximate surface area is 107 Å². The molecule has 1 N–H and O–H groups in total. The van der Waals surface area contributed by atoms with Crippen molar-refractivity contribution in [2.45, 2.75) is 6.92 Å². The third-order valence-electron chi connectivity index (χ3n) is 2.60. The number of hydrogen-bond acceptors (Lipinski definition) is 1. The van der Waals surface area contributed by atoms with Crippen molar-refractivity contribution in [3.05, 3.63) is 65.0 Å². The van der Waals surface area contributed by atoms with E-state index >= 15 is 0 Å². The van der Waals surface area contributed by atoms with Crippen LogP contribution >= 0.6 is 0 Å². The maximum atomic E-state index is 13.1. The van der Waals surface area contributed by atoms with Crippen LogP contribution in [0.1, 0.15) is 15.9 Å². The summed E-state index contributed by atoms with van der Waals surface area (Å²) >= 11 is 0. The van der Waals surface area contributed by atoms with Gasteiger partial charge in [-0.15, -0.1) is 0 Å². The number of benzene rings is 2. The van der Waals surface area contributed by atoms with Gasteiger partial charge in [0, 0.05) is 11.3 Å². The summed E-state index contributed by atoms with van der Waals surface area (Å²) in [4.78, 5) is 11.8. The zero-order valence-corrected chi connectivity index (χ0v) is 10.0. The first kappa shape index (κ1) is 13.1. The summed E-state index contributed by atoms with van der Waals surface area (Å²) in [6.45, 7) is 1.56. The SMILES string of the molecule is Cc1cc(NC(=O)c2ccc(F)c(F)c2)ccc1F. The van der Waals surface area contributed by atoms with Crippen LogP contribution in [0.15, 0.2) is 36.4 Å². The molecule has 0 atom stereocenters. The summed E-state index contributed by atoms with van der Waals surface area (Å²) in [5, 5.41) is 2.48. The molecule has 0 saturated heterocycles. The highest BCUT2D eigenvalue weighted by molar-refractivity contribution is 6.04. The summed E-state index contributed by atoms with van der Waals surface area (Å²) < 4.78 is 38.8. The Morgan fingerprint density at radius 3 is 2.26 bits per heavy atom. The van der Waals surface area contributed by atoms with Gasteiger partial charge in [0.2, 0.25) is 0 Å². The lowest BCUT2D eigenvalue weighted by atomic mass is 10.1. The highest BCUT2D eigenvalue weighted by Gasteiger charge is 2.10. The van der Waals surface area contributed by atoms with Gasteiger partial charge < -0.3 is 5.32 Å². The van der Waals surface area contributed by atoms with Crippen molar-refractivity contribution in [1.82, 2.24) is 0 Å². The topological polar surface area (TPSA) is 29.1 Å². The lowest BCUT2D eigenvalue weighted by Crippen LogP contribution is -2.12. The van der Waals surface area contributed by atoms with Crippen LogP contribution in [-0.4, -0.2) is 5.91 Å². The third kappa shape index (κ3) is 2.93. The van der Waals surface area contributed by atoms with Crippen LogP contribution in [0.25, 0.3) is 0 Å². The molecule has 0 aromatic heterocycles. The molecule has 2 rings (SSSR count). The highest BCUT2D eigenvalue weighted by Crippen LogP contribution is 2.15. The molecule has 2 aromatic carbocycles. The van der Waals surface area contributed by atoms with Crippen LogP contribution in [0.4, 0.5) is 18.9 Å². The van der Waals surface area contributed by atoms with Crippen molar-refractivity contribution in [3.8, 4) is 0 Å². The molecule has 0 radical (unpaired) electrons. The van der Waals surface area contributed by atoms with E-state index in [0.29, 0.717) is 11.3 Å². The number of rotatable bonds is 2. The zero-order chi connectivity index (χ0) is 14.0. The van der Waals surface area contributed by atoms with Crippen molar-refractivity contribution < 1.29 is 18.0 Å². The lowest BCUT2D eigenvalue weighted by molar-refractivity contribution is 0.102. The molecule has 5 heteroatoms. The predicted molar refractivity (Wildman–Crippen MR) is 65.4 cm³/mol. The Balaban J connectivity index is 2.20. The Kier molecular flexibility index (Phi) is 3.55. The maximum Gasteiger partial charge on any atom is 0.255 e. The molecular formula is C14H10F3NO. The van der Waals surface area contributed by atoms with Gasteiger partial charge in [-0.3, -0.25) is 4.79 Å². The zero-order valence-electron chi connectivity index (χ0n) is 10.0. The molecule has 1 amide bonds. The maximum absolute atomic E-state index is 13.1. The molecule has 19 heavy (non-hydrogen) atoms. The standard InChI is InChI=1S/C14H10F3NO/c1-8-6-10(3-5-11(8)15)18-14(19)9-2-4-12(16)13(17)7-9/h2-7H,1H3,(H,18,19). The minimum absolute atomic E-state index is 0.0131. The van der Waals surface area contributed by atoms with Crippen molar-refractivity contribution in [3.63, 3.8) is 0 Å². The van der Waals surface area contributed by atoms with Gasteiger partial charge in [0.25, 0.3) is 5.91 Å². The summed E-state index contributed by atoms with van der Waals surface area (Å²) in [5.41, 5.74) is 0.748. The normalized spacial score (nSPS) is 10.3. The molecule has 0 heterocycles. The minimum Gasteiger partial charge on any atom is -0.322 e. The number of carbonyl (C=O) groups is 1. The fourth-order valence-corrected chi connectivity index (χ4v) is 1.56. The van der Waals surface area contributed by atoms with Crippen LogP contribution in [0.5, 0.6) is 0 Å². The first-order valence-corrected chi connectivity index (χ1v) is 5.50. The molecule has 98 valence electrons. The van der Waals surface area contributed by atoms with Gasteiger partial charge >= 0.3 is 0 Å². The van der Waals surface area contributed by atoms with Crippen molar-refractivity contribution in [2.24, 2.45) is 0 Å².